The van der Waals surface area contributed by atoms with Crippen LogP contribution in [-0.2, 0) is 0 Å². The summed E-state index contributed by atoms with van der Waals surface area (Å²) in [7, 11) is 0. The van der Waals surface area contributed by atoms with Crippen LogP contribution in [-0.4, -0.2) is 51.4 Å². The number of hydrogen-bond donors (Lipinski definition) is 0. The summed E-state index contributed by atoms with van der Waals surface area (Å²) in [6.45, 7) is 8.73. The second-order valence-corrected chi connectivity index (χ2v) is 6.66. The minimum Gasteiger partial charge on any atom is -0.333 e. The third-order valence-electron chi connectivity index (χ3n) is 5.07. The highest BCUT2D eigenvalue weighted by atomic mass is 16.2. The topological polar surface area (TPSA) is 49.3 Å². The number of likely N-dealkylation sites (tertiary alicyclic amines) is 1. The molecule has 2 aromatic rings. The van der Waals surface area contributed by atoms with Crippen LogP contribution in [0.1, 0.15) is 48.1 Å². The van der Waals surface area contributed by atoms with Crippen molar-refractivity contribution in [1.29, 1.82) is 0 Å². The van der Waals surface area contributed by atoms with Crippen LogP contribution in [0.3, 0.4) is 0 Å². The maximum Gasteiger partial charge on any atom is 0.274 e. The Bertz CT molecular complexity index is 701. The molecule has 0 unspecified atom stereocenters. The molecule has 1 aromatic carbocycles. The summed E-state index contributed by atoms with van der Waals surface area (Å²) in [5.74, 6) is -0.0192. The van der Waals surface area contributed by atoms with Crippen molar-refractivity contribution in [2.75, 3.05) is 19.6 Å². The first kappa shape index (κ1) is 17.5. The average molecular weight is 338 g/mol. The van der Waals surface area contributed by atoms with Crippen LogP contribution in [0.5, 0.6) is 0 Å². The Kier molecular flexibility index (Phi) is 5.43. The van der Waals surface area contributed by atoms with Gasteiger partial charge in [-0.25, -0.2) is 4.98 Å². The molecule has 2 atom stereocenters. The van der Waals surface area contributed by atoms with Crippen molar-refractivity contribution in [2.45, 2.75) is 39.3 Å². The zero-order chi connectivity index (χ0) is 17.8. The van der Waals surface area contributed by atoms with E-state index in [-0.39, 0.29) is 11.9 Å². The summed E-state index contributed by atoms with van der Waals surface area (Å²) in [5, 5.41) is 0. The lowest BCUT2D eigenvalue weighted by molar-refractivity contribution is 0.0682. The fourth-order valence-corrected chi connectivity index (χ4v) is 3.53. The van der Waals surface area contributed by atoms with Crippen LogP contribution in [0.4, 0.5) is 0 Å². The average Bonchev–Trinajstić information content (AvgIpc) is 3.12. The van der Waals surface area contributed by atoms with Crippen LogP contribution in [0.15, 0.2) is 42.7 Å². The Labute approximate surface area is 149 Å². The molecule has 1 fully saturated rings. The monoisotopic (exact) mass is 338 g/mol. The lowest BCUT2D eigenvalue weighted by Crippen LogP contribution is -2.42. The molecule has 5 nitrogen and oxygen atoms in total. The number of rotatable bonds is 5. The lowest BCUT2D eigenvalue weighted by atomic mass is 10.1. The van der Waals surface area contributed by atoms with Gasteiger partial charge < -0.3 is 4.90 Å². The molecule has 1 saturated heterocycles. The number of amides is 1. The van der Waals surface area contributed by atoms with Crippen molar-refractivity contribution in [3.63, 3.8) is 0 Å². The normalized spacial score (nSPS) is 18.9. The van der Waals surface area contributed by atoms with Crippen LogP contribution in [0, 0.1) is 6.92 Å². The summed E-state index contributed by atoms with van der Waals surface area (Å²) < 4.78 is 0. The molecule has 5 heteroatoms. The van der Waals surface area contributed by atoms with Crippen molar-refractivity contribution in [3.05, 3.63) is 59.7 Å². The molecule has 3 rings (SSSR count). The first-order valence-corrected chi connectivity index (χ1v) is 8.98. The fourth-order valence-electron chi connectivity index (χ4n) is 3.53. The number of likely N-dealkylation sites (N-methyl/N-ethyl adjacent to an activating group) is 1. The molecule has 0 radical (unpaired) electrons. The van der Waals surface area contributed by atoms with Gasteiger partial charge in [0.05, 0.1) is 11.9 Å². The van der Waals surface area contributed by atoms with Gasteiger partial charge >= 0.3 is 0 Å². The first-order chi connectivity index (χ1) is 12.1. The van der Waals surface area contributed by atoms with E-state index in [1.807, 2.05) is 24.8 Å². The predicted molar refractivity (Wildman–Crippen MR) is 98.3 cm³/mol. The van der Waals surface area contributed by atoms with Crippen LogP contribution < -0.4 is 0 Å². The summed E-state index contributed by atoms with van der Waals surface area (Å²) in [6, 6.07) is 11.1. The van der Waals surface area contributed by atoms with Gasteiger partial charge in [-0.15, -0.1) is 0 Å². The Balaban J connectivity index is 1.68. The molecule has 0 bridgehead atoms. The molecule has 0 aliphatic carbocycles. The Morgan fingerprint density at radius 3 is 2.68 bits per heavy atom. The molecule has 0 N–H and O–H groups in total. The standard InChI is InChI=1S/C20H26N4O/c1-4-24(20(25)19-13-21-15(2)12-22-19)18-10-11-23(14-18)16(3)17-8-6-5-7-9-17/h5-9,12-13,16,18H,4,10-11,14H2,1-3H3/t16-,18-/m1/s1. The van der Waals surface area contributed by atoms with E-state index < -0.39 is 0 Å². The Morgan fingerprint density at radius 2 is 2.04 bits per heavy atom. The van der Waals surface area contributed by atoms with Crippen LogP contribution in [0.2, 0.25) is 0 Å². The van der Waals surface area contributed by atoms with Crippen molar-refractivity contribution in [3.8, 4) is 0 Å². The first-order valence-electron chi connectivity index (χ1n) is 8.98. The highest BCUT2D eigenvalue weighted by Crippen LogP contribution is 2.27. The maximum atomic E-state index is 12.8. The number of aryl methyl sites for hydroxylation is 1. The zero-order valence-corrected chi connectivity index (χ0v) is 15.2. The molecule has 25 heavy (non-hydrogen) atoms. The van der Waals surface area contributed by atoms with Crippen molar-refractivity contribution in [2.24, 2.45) is 0 Å². The van der Waals surface area contributed by atoms with E-state index in [9.17, 15) is 4.79 Å². The van der Waals surface area contributed by atoms with E-state index in [1.165, 1.54) is 5.56 Å². The second kappa shape index (κ2) is 7.74. The number of hydrogen-bond acceptors (Lipinski definition) is 4. The van der Waals surface area contributed by atoms with Gasteiger partial charge in [-0.05, 0) is 32.8 Å². The third-order valence-corrected chi connectivity index (χ3v) is 5.07. The molecule has 1 aliphatic heterocycles. The Hall–Kier alpha value is -2.27. The van der Waals surface area contributed by atoms with E-state index in [0.717, 1.165) is 25.2 Å². The largest absolute Gasteiger partial charge is 0.333 e. The molecule has 1 aromatic heterocycles. The predicted octanol–water partition coefficient (Wildman–Crippen LogP) is 3.08. The third kappa shape index (κ3) is 3.87. The quantitative estimate of drug-likeness (QED) is 0.841. The molecule has 0 saturated carbocycles. The lowest BCUT2D eigenvalue weighted by Gasteiger charge is -2.29. The number of aromatic nitrogens is 2. The van der Waals surface area contributed by atoms with Crippen molar-refractivity contribution in [1.82, 2.24) is 19.8 Å². The fraction of sp³-hybridized carbons (Fsp3) is 0.450. The number of nitrogens with zero attached hydrogens (tertiary/aromatic N) is 4. The summed E-state index contributed by atoms with van der Waals surface area (Å²) in [4.78, 5) is 25.7. The minimum absolute atomic E-state index is 0.0192. The molecular weight excluding hydrogens is 312 g/mol. The van der Waals surface area contributed by atoms with Gasteiger partial charge in [0, 0.05) is 37.9 Å². The van der Waals surface area contributed by atoms with Gasteiger partial charge in [-0.3, -0.25) is 14.7 Å². The molecular formula is C20H26N4O. The maximum absolute atomic E-state index is 12.8. The van der Waals surface area contributed by atoms with E-state index in [2.05, 4.69) is 46.1 Å². The molecule has 1 amide bonds. The number of benzene rings is 1. The molecule has 0 spiro atoms. The van der Waals surface area contributed by atoms with Gasteiger partial charge in [-0.2, -0.15) is 0 Å². The van der Waals surface area contributed by atoms with Crippen molar-refractivity contribution < 1.29 is 4.79 Å². The van der Waals surface area contributed by atoms with E-state index in [1.54, 1.807) is 12.4 Å². The van der Waals surface area contributed by atoms with Gasteiger partial charge in [0.25, 0.3) is 5.91 Å². The van der Waals surface area contributed by atoms with Gasteiger partial charge in [0.1, 0.15) is 5.69 Å². The Morgan fingerprint density at radius 1 is 1.28 bits per heavy atom. The van der Waals surface area contributed by atoms with Crippen LogP contribution >= 0.6 is 0 Å². The SMILES string of the molecule is CCN(C(=O)c1cnc(C)cn1)[C@@H]1CCN([C@H](C)c2ccccc2)C1. The smallest absolute Gasteiger partial charge is 0.274 e. The molecule has 132 valence electrons. The highest BCUT2D eigenvalue weighted by molar-refractivity contribution is 5.92. The van der Waals surface area contributed by atoms with E-state index in [0.29, 0.717) is 18.3 Å². The van der Waals surface area contributed by atoms with Gasteiger partial charge in [0.2, 0.25) is 0 Å². The van der Waals surface area contributed by atoms with E-state index >= 15 is 0 Å². The molecule has 1 aliphatic rings. The minimum atomic E-state index is -0.0192. The number of carbonyl (C=O) groups is 1. The summed E-state index contributed by atoms with van der Waals surface area (Å²) >= 11 is 0. The summed E-state index contributed by atoms with van der Waals surface area (Å²) in [6.07, 6.45) is 4.23. The second-order valence-electron chi connectivity index (χ2n) is 6.66. The van der Waals surface area contributed by atoms with Crippen molar-refractivity contribution >= 4 is 5.91 Å². The molecule has 2 heterocycles. The zero-order valence-electron chi connectivity index (χ0n) is 15.2. The number of carbonyl (C=O) groups excluding carboxylic acids is 1. The summed E-state index contributed by atoms with van der Waals surface area (Å²) in [5.41, 5.74) is 2.58. The van der Waals surface area contributed by atoms with E-state index in [4.69, 9.17) is 0 Å². The van der Waals surface area contributed by atoms with Gasteiger partial charge in [0.15, 0.2) is 0 Å². The van der Waals surface area contributed by atoms with Gasteiger partial charge in [-0.1, -0.05) is 30.3 Å². The van der Waals surface area contributed by atoms with Crippen LogP contribution in [0.25, 0.3) is 0 Å². The highest BCUT2D eigenvalue weighted by Gasteiger charge is 2.33.